The minimum absolute atomic E-state index is 0.0211. The highest BCUT2D eigenvalue weighted by Crippen LogP contribution is 2.30. The summed E-state index contributed by atoms with van der Waals surface area (Å²) in [5, 5.41) is 9.55. The first-order valence-electron chi connectivity index (χ1n) is 10.3. The molecule has 4 rings (SSSR count). The molecule has 1 fully saturated rings. The monoisotopic (exact) mass is 416 g/mol. The molecular formula is C24H24N4O3. The molecule has 0 atom stereocenters. The number of benzene rings is 2. The summed E-state index contributed by atoms with van der Waals surface area (Å²) in [5.74, 6) is 1.64. The van der Waals surface area contributed by atoms with Crippen LogP contribution in [0.15, 0.2) is 52.9 Å². The maximum atomic E-state index is 12.7. The van der Waals surface area contributed by atoms with Gasteiger partial charge in [0.15, 0.2) is 0 Å². The van der Waals surface area contributed by atoms with Gasteiger partial charge in [-0.05, 0) is 50.2 Å². The van der Waals surface area contributed by atoms with E-state index in [1.165, 1.54) is 0 Å². The number of nitrogens with zero attached hydrogens (tertiary/aromatic N) is 4. The molecule has 1 aliphatic rings. The van der Waals surface area contributed by atoms with E-state index in [1.807, 2.05) is 72.2 Å². The number of nitriles is 1. The largest absolute Gasteiger partial charge is 0.494 e. The molecule has 2 aromatic carbocycles. The molecule has 0 spiro atoms. The van der Waals surface area contributed by atoms with Gasteiger partial charge in [0.1, 0.15) is 11.8 Å². The van der Waals surface area contributed by atoms with Crippen LogP contribution in [0.3, 0.4) is 0 Å². The standard InChI is InChI=1S/C24H24N4O3/c1-3-30-20-10-8-18(9-11-20)22-26-21(16-25)24(31-22)28-14-12-27(13-15-28)23(29)19-6-4-17(2)5-7-19/h4-11H,3,12-15H2,1-2H3. The van der Waals surface area contributed by atoms with Gasteiger partial charge in [-0.2, -0.15) is 10.2 Å². The second-order valence-electron chi connectivity index (χ2n) is 7.39. The van der Waals surface area contributed by atoms with E-state index < -0.39 is 0 Å². The first kappa shape index (κ1) is 20.5. The van der Waals surface area contributed by atoms with Crippen molar-refractivity contribution >= 4 is 11.8 Å². The van der Waals surface area contributed by atoms with Gasteiger partial charge in [0.25, 0.3) is 5.91 Å². The maximum Gasteiger partial charge on any atom is 0.253 e. The third-order valence-corrected chi connectivity index (χ3v) is 5.28. The Morgan fingerprint density at radius 2 is 1.77 bits per heavy atom. The summed E-state index contributed by atoms with van der Waals surface area (Å²) in [7, 11) is 0. The minimum Gasteiger partial charge on any atom is -0.494 e. The molecule has 2 heterocycles. The Bertz CT molecular complexity index is 1090. The van der Waals surface area contributed by atoms with E-state index in [1.54, 1.807) is 0 Å². The average Bonchev–Trinajstić information content (AvgIpc) is 3.24. The molecule has 7 heteroatoms. The molecule has 0 unspecified atom stereocenters. The van der Waals surface area contributed by atoms with Crippen molar-refractivity contribution in [1.82, 2.24) is 9.88 Å². The molecule has 7 nitrogen and oxygen atoms in total. The van der Waals surface area contributed by atoms with E-state index in [2.05, 4.69) is 11.1 Å². The van der Waals surface area contributed by atoms with Gasteiger partial charge in [0, 0.05) is 37.3 Å². The molecule has 1 saturated heterocycles. The number of ether oxygens (including phenoxy) is 1. The number of aromatic nitrogens is 1. The number of hydrogen-bond acceptors (Lipinski definition) is 6. The zero-order valence-electron chi connectivity index (χ0n) is 17.7. The van der Waals surface area contributed by atoms with Crippen LogP contribution < -0.4 is 9.64 Å². The lowest BCUT2D eigenvalue weighted by atomic mass is 10.1. The van der Waals surface area contributed by atoms with Crippen LogP contribution in [-0.4, -0.2) is 48.6 Å². The Balaban J connectivity index is 1.46. The van der Waals surface area contributed by atoms with Gasteiger partial charge >= 0.3 is 0 Å². The highest BCUT2D eigenvalue weighted by molar-refractivity contribution is 5.94. The Morgan fingerprint density at radius 1 is 1.10 bits per heavy atom. The van der Waals surface area contributed by atoms with Gasteiger partial charge in [-0.1, -0.05) is 17.7 Å². The minimum atomic E-state index is 0.0211. The number of carbonyl (C=O) groups excluding carboxylic acids is 1. The van der Waals surface area contributed by atoms with E-state index in [0.717, 1.165) is 16.9 Å². The van der Waals surface area contributed by atoms with Gasteiger partial charge in [-0.3, -0.25) is 4.79 Å². The first-order chi connectivity index (χ1) is 15.1. The quantitative estimate of drug-likeness (QED) is 0.628. The fourth-order valence-corrected chi connectivity index (χ4v) is 3.57. The van der Waals surface area contributed by atoms with E-state index in [9.17, 15) is 10.1 Å². The summed E-state index contributed by atoms with van der Waals surface area (Å²) < 4.78 is 11.4. The van der Waals surface area contributed by atoms with E-state index in [0.29, 0.717) is 50.1 Å². The maximum absolute atomic E-state index is 12.7. The molecule has 1 aliphatic heterocycles. The number of aryl methyl sites for hydroxylation is 1. The second-order valence-corrected chi connectivity index (χ2v) is 7.39. The van der Waals surface area contributed by atoms with Crippen LogP contribution in [0, 0.1) is 18.3 Å². The Kier molecular flexibility index (Phi) is 5.89. The Labute approximate surface area is 181 Å². The summed E-state index contributed by atoms with van der Waals surface area (Å²) in [4.78, 5) is 20.9. The lowest BCUT2D eigenvalue weighted by Gasteiger charge is -2.34. The van der Waals surface area contributed by atoms with Crippen molar-refractivity contribution in [3.05, 3.63) is 65.4 Å². The summed E-state index contributed by atoms with van der Waals surface area (Å²) in [6.45, 7) is 6.78. The fourth-order valence-electron chi connectivity index (χ4n) is 3.57. The SMILES string of the molecule is CCOc1ccc(-c2nc(C#N)c(N3CCN(C(=O)c4ccc(C)cc4)CC3)o2)cc1. The van der Waals surface area contributed by atoms with Crippen LogP contribution in [0.5, 0.6) is 5.75 Å². The number of oxazole rings is 1. The molecule has 0 N–H and O–H groups in total. The van der Waals surface area contributed by atoms with Crippen molar-refractivity contribution in [2.24, 2.45) is 0 Å². The summed E-state index contributed by atoms with van der Waals surface area (Å²) in [6, 6.07) is 17.2. The molecule has 1 amide bonds. The summed E-state index contributed by atoms with van der Waals surface area (Å²) in [6.07, 6.45) is 0. The molecule has 1 aromatic heterocycles. The molecule has 0 saturated carbocycles. The van der Waals surface area contributed by atoms with E-state index in [-0.39, 0.29) is 11.6 Å². The number of carbonyl (C=O) groups is 1. The zero-order valence-corrected chi connectivity index (χ0v) is 17.7. The van der Waals surface area contributed by atoms with E-state index in [4.69, 9.17) is 9.15 Å². The van der Waals surface area contributed by atoms with Crippen molar-refractivity contribution in [2.75, 3.05) is 37.7 Å². The van der Waals surface area contributed by atoms with Crippen molar-refractivity contribution < 1.29 is 13.9 Å². The smallest absolute Gasteiger partial charge is 0.253 e. The Morgan fingerprint density at radius 3 is 2.39 bits per heavy atom. The van der Waals surface area contributed by atoms with Crippen LogP contribution in [0.2, 0.25) is 0 Å². The number of anilines is 1. The van der Waals surface area contributed by atoms with Gasteiger partial charge < -0.3 is 19.0 Å². The summed E-state index contributed by atoms with van der Waals surface area (Å²) in [5.41, 5.74) is 2.84. The zero-order chi connectivity index (χ0) is 21.8. The number of rotatable bonds is 5. The van der Waals surface area contributed by atoms with Gasteiger partial charge in [0.05, 0.1) is 6.61 Å². The number of hydrogen-bond donors (Lipinski definition) is 0. The van der Waals surface area contributed by atoms with Crippen molar-refractivity contribution in [3.8, 4) is 23.3 Å². The molecule has 31 heavy (non-hydrogen) atoms. The molecule has 3 aromatic rings. The van der Waals surface area contributed by atoms with E-state index >= 15 is 0 Å². The third kappa shape index (κ3) is 4.38. The Hall–Kier alpha value is -3.79. The highest BCUT2D eigenvalue weighted by atomic mass is 16.5. The highest BCUT2D eigenvalue weighted by Gasteiger charge is 2.27. The normalized spacial score (nSPS) is 13.7. The van der Waals surface area contributed by atoms with Crippen molar-refractivity contribution in [2.45, 2.75) is 13.8 Å². The van der Waals surface area contributed by atoms with Gasteiger partial charge in [0.2, 0.25) is 17.5 Å². The summed E-state index contributed by atoms with van der Waals surface area (Å²) >= 11 is 0. The van der Waals surface area contributed by atoms with Crippen LogP contribution in [0.4, 0.5) is 5.88 Å². The fraction of sp³-hybridized carbons (Fsp3) is 0.292. The van der Waals surface area contributed by atoms with Gasteiger partial charge in [-0.15, -0.1) is 0 Å². The lowest BCUT2D eigenvalue weighted by molar-refractivity contribution is 0.0745. The van der Waals surface area contributed by atoms with Crippen LogP contribution in [0.1, 0.15) is 28.5 Å². The number of amides is 1. The van der Waals surface area contributed by atoms with Crippen LogP contribution >= 0.6 is 0 Å². The molecule has 0 radical (unpaired) electrons. The van der Waals surface area contributed by atoms with Crippen LogP contribution in [0.25, 0.3) is 11.5 Å². The third-order valence-electron chi connectivity index (χ3n) is 5.28. The topological polar surface area (TPSA) is 82.6 Å². The molecule has 0 bridgehead atoms. The first-order valence-corrected chi connectivity index (χ1v) is 10.3. The predicted octanol–water partition coefficient (Wildman–Crippen LogP) is 3.88. The van der Waals surface area contributed by atoms with Gasteiger partial charge in [-0.25, -0.2) is 0 Å². The van der Waals surface area contributed by atoms with Crippen LogP contribution in [-0.2, 0) is 0 Å². The van der Waals surface area contributed by atoms with Crippen molar-refractivity contribution in [1.29, 1.82) is 5.26 Å². The molecule has 158 valence electrons. The number of piperazine rings is 1. The lowest BCUT2D eigenvalue weighted by Crippen LogP contribution is -2.48. The second kappa shape index (κ2) is 8.92. The van der Waals surface area contributed by atoms with Crippen molar-refractivity contribution in [3.63, 3.8) is 0 Å². The molecular weight excluding hydrogens is 392 g/mol. The average molecular weight is 416 g/mol. The predicted molar refractivity (Wildman–Crippen MR) is 117 cm³/mol. The molecule has 0 aliphatic carbocycles.